The third-order valence-electron chi connectivity index (χ3n) is 3.45. The molecule has 0 saturated heterocycles. The standard InChI is InChI=1S/C12H20N2O/c1-3-13-10(2)9-12(15)14(13)11-7-5-4-6-8-11/h9,11H,3-8H2,1-2H3. The van der Waals surface area contributed by atoms with Crippen LogP contribution in [0.3, 0.4) is 0 Å². The molecule has 0 amide bonds. The van der Waals surface area contributed by atoms with Gasteiger partial charge in [-0.05, 0) is 26.7 Å². The molecule has 0 radical (unpaired) electrons. The van der Waals surface area contributed by atoms with Gasteiger partial charge in [0.15, 0.2) is 0 Å². The molecule has 0 aliphatic heterocycles. The molecule has 0 unspecified atom stereocenters. The maximum atomic E-state index is 11.9. The first-order valence-corrected chi connectivity index (χ1v) is 6.03. The van der Waals surface area contributed by atoms with Gasteiger partial charge in [-0.3, -0.25) is 9.48 Å². The van der Waals surface area contributed by atoms with E-state index in [4.69, 9.17) is 0 Å². The third kappa shape index (κ3) is 1.87. The minimum absolute atomic E-state index is 0.182. The zero-order valence-electron chi connectivity index (χ0n) is 9.70. The summed E-state index contributed by atoms with van der Waals surface area (Å²) < 4.78 is 4.10. The predicted octanol–water partition coefficient (Wildman–Crippen LogP) is 2.48. The van der Waals surface area contributed by atoms with Crippen LogP contribution in [0.1, 0.15) is 50.8 Å². The Bertz CT molecular complexity index is 383. The van der Waals surface area contributed by atoms with Crippen LogP contribution in [0, 0.1) is 6.92 Å². The summed E-state index contributed by atoms with van der Waals surface area (Å²) in [5, 5.41) is 0. The Morgan fingerprint density at radius 3 is 2.60 bits per heavy atom. The maximum absolute atomic E-state index is 11.9. The molecule has 0 spiro atoms. The molecule has 1 aromatic rings. The van der Waals surface area contributed by atoms with Crippen LogP contribution in [0.5, 0.6) is 0 Å². The lowest BCUT2D eigenvalue weighted by atomic mass is 9.96. The zero-order valence-corrected chi connectivity index (χ0v) is 9.70. The van der Waals surface area contributed by atoms with Gasteiger partial charge in [0, 0.05) is 18.3 Å². The van der Waals surface area contributed by atoms with Gasteiger partial charge in [0.2, 0.25) is 0 Å². The van der Waals surface area contributed by atoms with Crippen LogP contribution in [0.25, 0.3) is 0 Å². The van der Waals surface area contributed by atoms with E-state index in [2.05, 4.69) is 11.6 Å². The van der Waals surface area contributed by atoms with E-state index in [-0.39, 0.29) is 5.56 Å². The average molecular weight is 208 g/mol. The Morgan fingerprint density at radius 1 is 1.33 bits per heavy atom. The monoisotopic (exact) mass is 208 g/mol. The number of hydrogen-bond donors (Lipinski definition) is 0. The summed E-state index contributed by atoms with van der Waals surface area (Å²) in [6.07, 6.45) is 6.21. The predicted molar refractivity (Wildman–Crippen MR) is 61.2 cm³/mol. The van der Waals surface area contributed by atoms with Crippen molar-refractivity contribution in [3.05, 3.63) is 22.1 Å². The lowest BCUT2D eigenvalue weighted by Gasteiger charge is -2.25. The topological polar surface area (TPSA) is 26.9 Å². The molecule has 0 aromatic carbocycles. The van der Waals surface area contributed by atoms with Crippen LogP contribution in [0.15, 0.2) is 10.9 Å². The SMILES string of the molecule is CCn1c(C)cc(=O)n1C1CCCCC1. The van der Waals surface area contributed by atoms with Gasteiger partial charge in [0.25, 0.3) is 5.56 Å². The first-order chi connectivity index (χ1) is 7.24. The normalized spacial score (nSPS) is 18.3. The smallest absolute Gasteiger partial charge is 0.267 e. The molecule has 15 heavy (non-hydrogen) atoms. The van der Waals surface area contributed by atoms with Crippen molar-refractivity contribution in [2.24, 2.45) is 0 Å². The van der Waals surface area contributed by atoms with Gasteiger partial charge in [-0.25, -0.2) is 4.68 Å². The third-order valence-corrected chi connectivity index (χ3v) is 3.45. The molecule has 1 fully saturated rings. The van der Waals surface area contributed by atoms with Crippen LogP contribution >= 0.6 is 0 Å². The highest BCUT2D eigenvalue weighted by molar-refractivity contribution is 5.00. The van der Waals surface area contributed by atoms with Gasteiger partial charge < -0.3 is 0 Å². The summed E-state index contributed by atoms with van der Waals surface area (Å²) in [7, 11) is 0. The molecule has 0 atom stereocenters. The van der Waals surface area contributed by atoms with Gasteiger partial charge in [-0.15, -0.1) is 0 Å². The first-order valence-electron chi connectivity index (χ1n) is 6.03. The Balaban J connectivity index is 2.36. The molecule has 1 aliphatic carbocycles. The lowest BCUT2D eigenvalue weighted by molar-refractivity contribution is 0.283. The fourth-order valence-electron chi connectivity index (χ4n) is 2.71. The highest BCUT2D eigenvalue weighted by atomic mass is 16.1. The van der Waals surface area contributed by atoms with Crippen LogP contribution in [-0.4, -0.2) is 9.36 Å². The minimum Gasteiger partial charge on any atom is -0.287 e. The van der Waals surface area contributed by atoms with E-state index in [1.54, 1.807) is 6.07 Å². The molecular weight excluding hydrogens is 188 g/mol. The van der Waals surface area contributed by atoms with Crippen LogP contribution in [0.4, 0.5) is 0 Å². The number of aryl methyl sites for hydroxylation is 1. The van der Waals surface area contributed by atoms with Gasteiger partial charge in [0.05, 0.1) is 6.04 Å². The molecule has 84 valence electrons. The number of aromatic nitrogens is 2. The van der Waals surface area contributed by atoms with Gasteiger partial charge in [-0.1, -0.05) is 19.3 Å². The molecule has 1 heterocycles. The van der Waals surface area contributed by atoms with Crippen LogP contribution in [0.2, 0.25) is 0 Å². The molecule has 3 heteroatoms. The summed E-state index contributed by atoms with van der Waals surface area (Å²) >= 11 is 0. The lowest BCUT2D eigenvalue weighted by Crippen LogP contribution is -2.29. The second-order valence-corrected chi connectivity index (χ2v) is 4.48. The van der Waals surface area contributed by atoms with E-state index in [9.17, 15) is 4.79 Å². The second kappa shape index (κ2) is 4.25. The van der Waals surface area contributed by atoms with E-state index in [0.717, 1.165) is 12.2 Å². The first kappa shape index (κ1) is 10.5. The van der Waals surface area contributed by atoms with Gasteiger partial charge in [0.1, 0.15) is 0 Å². The molecule has 0 bridgehead atoms. The fraction of sp³-hybridized carbons (Fsp3) is 0.750. The molecule has 1 aliphatic rings. The molecule has 1 saturated carbocycles. The average Bonchev–Trinajstić information content (AvgIpc) is 2.54. The number of rotatable bonds is 2. The minimum atomic E-state index is 0.182. The van der Waals surface area contributed by atoms with E-state index in [0.29, 0.717) is 6.04 Å². The Kier molecular flexibility index (Phi) is 2.98. The van der Waals surface area contributed by atoms with Crippen molar-refractivity contribution < 1.29 is 0 Å². The molecular formula is C12H20N2O. The summed E-state index contributed by atoms with van der Waals surface area (Å²) in [6.45, 7) is 5.01. The molecule has 1 aromatic heterocycles. The van der Waals surface area contributed by atoms with E-state index in [1.807, 2.05) is 11.6 Å². The van der Waals surface area contributed by atoms with Crippen molar-refractivity contribution in [2.45, 2.75) is 58.5 Å². The summed E-state index contributed by atoms with van der Waals surface area (Å²) in [5.74, 6) is 0. The second-order valence-electron chi connectivity index (χ2n) is 4.48. The summed E-state index contributed by atoms with van der Waals surface area (Å²) in [5.41, 5.74) is 1.27. The van der Waals surface area contributed by atoms with E-state index >= 15 is 0 Å². The van der Waals surface area contributed by atoms with Crippen molar-refractivity contribution in [2.75, 3.05) is 0 Å². The highest BCUT2D eigenvalue weighted by Gasteiger charge is 2.19. The van der Waals surface area contributed by atoms with Crippen molar-refractivity contribution >= 4 is 0 Å². The van der Waals surface area contributed by atoms with Crippen LogP contribution < -0.4 is 5.56 Å². The highest BCUT2D eigenvalue weighted by Crippen LogP contribution is 2.27. The quantitative estimate of drug-likeness (QED) is 0.733. The van der Waals surface area contributed by atoms with Gasteiger partial charge in [-0.2, -0.15) is 0 Å². The van der Waals surface area contributed by atoms with Crippen molar-refractivity contribution in [3.63, 3.8) is 0 Å². The Hall–Kier alpha value is -0.990. The largest absolute Gasteiger partial charge is 0.287 e. The molecule has 2 rings (SSSR count). The van der Waals surface area contributed by atoms with E-state index < -0.39 is 0 Å². The van der Waals surface area contributed by atoms with Crippen molar-refractivity contribution in [1.29, 1.82) is 0 Å². The maximum Gasteiger partial charge on any atom is 0.267 e. The molecule has 3 nitrogen and oxygen atoms in total. The van der Waals surface area contributed by atoms with E-state index in [1.165, 1.54) is 32.1 Å². The summed E-state index contributed by atoms with van der Waals surface area (Å²) in [4.78, 5) is 11.9. The van der Waals surface area contributed by atoms with Crippen LogP contribution in [-0.2, 0) is 6.54 Å². The fourth-order valence-corrected chi connectivity index (χ4v) is 2.71. The number of nitrogens with zero attached hydrogens (tertiary/aromatic N) is 2. The number of hydrogen-bond acceptors (Lipinski definition) is 1. The van der Waals surface area contributed by atoms with Gasteiger partial charge >= 0.3 is 0 Å². The summed E-state index contributed by atoms with van der Waals surface area (Å²) in [6, 6.07) is 2.21. The van der Waals surface area contributed by atoms with Crippen molar-refractivity contribution in [1.82, 2.24) is 9.36 Å². The Labute approximate surface area is 90.7 Å². The van der Waals surface area contributed by atoms with Crippen molar-refractivity contribution in [3.8, 4) is 0 Å². The Morgan fingerprint density at radius 2 is 2.00 bits per heavy atom. The molecule has 0 N–H and O–H groups in total. The zero-order chi connectivity index (χ0) is 10.8.